The normalized spacial score (nSPS) is 9.59. The fourth-order valence-electron chi connectivity index (χ4n) is 1.17. The summed E-state index contributed by atoms with van der Waals surface area (Å²) in [5, 5.41) is 0. The molecule has 0 aromatic heterocycles. The number of hydrogen-bond acceptors (Lipinski definition) is 5. The van der Waals surface area contributed by atoms with E-state index in [0.717, 1.165) is 0 Å². The second-order valence-electron chi connectivity index (χ2n) is 3.07. The molecule has 0 saturated carbocycles. The van der Waals surface area contributed by atoms with E-state index in [0.29, 0.717) is 10.8 Å². The minimum atomic E-state index is -0.653. The quantitative estimate of drug-likeness (QED) is 0.485. The molecule has 0 N–H and O–H groups in total. The predicted octanol–water partition coefficient (Wildman–Crippen LogP) is 1.97. The molecule has 0 bridgehead atoms. The zero-order chi connectivity index (χ0) is 13.0. The highest BCUT2D eigenvalue weighted by atomic mass is 79.9. The molecule has 5 nitrogen and oxygen atoms in total. The second-order valence-corrected chi connectivity index (χ2v) is 3.93. The van der Waals surface area contributed by atoms with Crippen molar-refractivity contribution in [3.8, 4) is 5.75 Å². The Morgan fingerprint density at radius 2 is 2.00 bits per heavy atom. The summed E-state index contributed by atoms with van der Waals surface area (Å²) < 4.78 is 9.81. The van der Waals surface area contributed by atoms with E-state index in [2.05, 4.69) is 20.7 Å². The largest absolute Gasteiger partial charge is 0.465 e. The van der Waals surface area contributed by atoms with Crippen LogP contribution in [0.1, 0.15) is 27.6 Å². The van der Waals surface area contributed by atoms with Crippen molar-refractivity contribution in [2.75, 3.05) is 7.11 Å². The van der Waals surface area contributed by atoms with Gasteiger partial charge in [0.05, 0.1) is 7.11 Å². The minimum Gasteiger partial charge on any atom is -0.465 e. The van der Waals surface area contributed by atoms with Crippen molar-refractivity contribution in [3.05, 3.63) is 27.7 Å². The third-order valence-electron chi connectivity index (χ3n) is 1.88. The molecule has 90 valence electrons. The van der Waals surface area contributed by atoms with Crippen molar-refractivity contribution in [2.24, 2.45) is 0 Å². The first-order valence-electron chi connectivity index (χ1n) is 4.55. The molecule has 0 radical (unpaired) electrons. The average Bonchev–Trinajstić information content (AvgIpc) is 2.29. The van der Waals surface area contributed by atoms with Crippen molar-refractivity contribution in [2.45, 2.75) is 6.92 Å². The first kappa shape index (κ1) is 13.4. The zero-order valence-corrected chi connectivity index (χ0v) is 10.7. The van der Waals surface area contributed by atoms with E-state index < -0.39 is 11.9 Å². The fourth-order valence-corrected chi connectivity index (χ4v) is 1.61. The lowest BCUT2D eigenvalue weighted by atomic mass is 10.1. The van der Waals surface area contributed by atoms with E-state index in [1.807, 2.05) is 0 Å². The van der Waals surface area contributed by atoms with Crippen LogP contribution >= 0.6 is 15.9 Å². The lowest BCUT2D eigenvalue weighted by Gasteiger charge is -2.09. The minimum absolute atomic E-state index is 0.00495. The maximum atomic E-state index is 11.4. The molecule has 0 aliphatic heterocycles. The van der Waals surface area contributed by atoms with Gasteiger partial charge in [-0.1, -0.05) is 15.9 Å². The highest BCUT2D eigenvalue weighted by molar-refractivity contribution is 9.10. The van der Waals surface area contributed by atoms with Gasteiger partial charge >= 0.3 is 11.9 Å². The molecule has 6 heteroatoms. The molecule has 17 heavy (non-hydrogen) atoms. The monoisotopic (exact) mass is 300 g/mol. The van der Waals surface area contributed by atoms with Crippen molar-refractivity contribution >= 4 is 34.2 Å². The van der Waals surface area contributed by atoms with Crippen LogP contribution in [0.4, 0.5) is 0 Å². The Labute approximate surface area is 106 Å². The smallest absolute Gasteiger partial charge is 0.341 e. The predicted molar refractivity (Wildman–Crippen MR) is 62.2 cm³/mol. The molecule has 0 unspecified atom stereocenters. The van der Waals surface area contributed by atoms with Crippen LogP contribution in [0.25, 0.3) is 0 Å². The number of rotatable bonds is 3. The molecule has 0 fully saturated rings. The van der Waals surface area contributed by atoms with Crippen LogP contribution in [0.2, 0.25) is 0 Å². The number of ether oxygens (including phenoxy) is 2. The summed E-state index contributed by atoms with van der Waals surface area (Å²) >= 11 is 3.13. The Bertz CT molecular complexity index is 481. The Kier molecular flexibility index (Phi) is 4.39. The molecular formula is C11H9BrO5. The van der Waals surface area contributed by atoms with Gasteiger partial charge in [-0.05, 0) is 12.1 Å². The van der Waals surface area contributed by atoms with Crippen molar-refractivity contribution in [3.63, 3.8) is 0 Å². The standard InChI is InChI=1S/C11H9BrO5/c1-6(14)17-10-3-7(5-13)9(12)4-8(10)11(15)16-2/h3-5H,1-2H3. The van der Waals surface area contributed by atoms with Gasteiger partial charge in [-0.2, -0.15) is 0 Å². The van der Waals surface area contributed by atoms with Gasteiger partial charge < -0.3 is 9.47 Å². The molecule has 0 heterocycles. The fraction of sp³-hybridized carbons (Fsp3) is 0.182. The highest BCUT2D eigenvalue weighted by Gasteiger charge is 2.17. The molecule has 0 atom stereocenters. The topological polar surface area (TPSA) is 69.7 Å². The third-order valence-corrected chi connectivity index (χ3v) is 2.57. The van der Waals surface area contributed by atoms with Crippen LogP contribution in [0.3, 0.4) is 0 Å². The van der Waals surface area contributed by atoms with Crippen LogP contribution in [0, 0.1) is 0 Å². The molecular weight excluding hydrogens is 292 g/mol. The summed E-state index contributed by atoms with van der Waals surface area (Å²) in [7, 11) is 1.21. The number of methoxy groups -OCH3 is 1. The number of halogens is 1. The van der Waals surface area contributed by atoms with E-state index in [1.54, 1.807) is 0 Å². The van der Waals surface area contributed by atoms with Gasteiger partial charge in [0, 0.05) is 17.0 Å². The van der Waals surface area contributed by atoms with Crippen molar-refractivity contribution in [1.29, 1.82) is 0 Å². The summed E-state index contributed by atoms with van der Waals surface area (Å²) in [6.45, 7) is 1.20. The van der Waals surface area contributed by atoms with Gasteiger partial charge in [-0.25, -0.2) is 4.79 Å². The average molecular weight is 301 g/mol. The van der Waals surface area contributed by atoms with Crippen LogP contribution in [-0.2, 0) is 9.53 Å². The van der Waals surface area contributed by atoms with Gasteiger partial charge in [-0.15, -0.1) is 0 Å². The van der Waals surface area contributed by atoms with E-state index in [4.69, 9.17) is 4.74 Å². The summed E-state index contributed by atoms with van der Waals surface area (Å²) in [6, 6.07) is 2.67. The lowest BCUT2D eigenvalue weighted by molar-refractivity contribution is -0.131. The summed E-state index contributed by atoms with van der Waals surface area (Å²) in [4.78, 5) is 33.1. The molecule has 1 aromatic rings. The molecule has 0 amide bonds. The number of hydrogen-bond donors (Lipinski definition) is 0. The van der Waals surface area contributed by atoms with Crippen LogP contribution in [-0.4, -0.2) is 25.3 Å². The number of carbonyl (C=O) groups excluding carboxylic acids is 3. The summed E-state index contributed by atoms with van der Waals surface area (Å²) in [5.41, 5.74) is 0.342. The first-order chi connectivity index (χ1) is 7.99. The molecule has 0 spiro atoms. The van der Waals surface area contributed by atoms with E-state index >= 15 is 0 Å². The molecule has 1 aromatic carbocycles. The molecule has 0 aliphatic carbocycles. The summed E-state index contributed by atoms with van der Waals surface area (Å²) in [5.74, 6) is -1.25. The number of carbonyl (C=O) groups is 3. The zero-order valence-electron chi connectivity index (χ0n) is 9.15. The number of benzene rings is 1. The Balaban J connectivity index is 3.35. The van der Waals surface area contributed by atoms with E-state index in [9.17, 15) is 14.4 Å². The van der Waals surface area contributed by atoms with E-state index in [-0.39, 0.29) is 16.9 Å². The van der Waals surface area contributed by atoms with Gasteiger partial charge in [0.2, 0.25) is 0 Å². The van der Waals surface area contributed by atoms with Gasteiger partial charge in [0.25, 0.3) is 0 Å². The molecule has 0 saturated heterocycles. The number of esters is 2. The summed E-state index contributed by atoms with van der Waals surface area (Å²) in [6.07, 6.45) is 0.581. The third kappa shape index (κ3) is 3.13. The van der Waals surface area contributed by atoms with Crippen LogP contribution in [0.15, 0.2) is 16.6 Å². The SMILES string of the molecule is COC(=O)c1cc(Br)c(C=O)cc1OC(C)=O. The Morgan fingerprint density at radius 1 is 1.35 bits per heavy atom. The molecule has 0 aliphatic rings. The van der Waals surface area contributed by atoms with Gasteiger partial charge in [0.1, 0.15) is 11.3 Å². The number of aldehydes is 1. The highest BCUT2D eigenvalue weighted by Crippen LogP contribution is 2.27. The van der Waals surface area contributed by atoms with Gasteiger partial charge in [-0.3, -0.25) is 9.59 Å². The van der Waals surface area contributed by atoms with Crippen molar-refractivity contribution < 1.29 is 23.9 Å². The van der Waals surface area contributed by atoms with Crippen LogP contribution in [0.5, 0.6) is 5.75 Å². The molecule has 1 rings (SSSR count). The van der Waals surface area contributed by atoms with E-state index in [1.165, 1.54) is 26.2 Å². The second kappa shape index (κ2) is 5.58. The van der Waals surface area contributed by atoms with Crippen molar-refractivity contribution in [1.82, 2.24) is 0 Å². The maximum absolute atomic E-state index is 11.4. The maximum Gasteiger partial charge on any atom is 0.341 e. The first-order valence-corrected chi connectivity index (χ1v) is 5.34. The lowest BCUT2D eigenvalue weighted by Crippen LogP contribution is -2.09. The van der Waals surface area contributed by atoms with Crippen LogP contribution < -0.4 is 4.74 Å². The Hall–Kier alpha value is -1.69. The van der Waals surface area contributed by atoms with Gasteiger partial charge in [0.15, 0.2) is 6.29 Å². The Morgan fingerprint density at radius 3 is 2.47 bits per heavy atom.